The molecule has 2 aromatic carbocycles. The molecule has 1 N–H and O–H groups in total. The quantitative estimate of drug-likeness (QED) is 0.726. The Balaban J connectivity index is 1.56. The predicted octanol–water partition coefficient (Wildman–Crippen LogP) is 4.13. The summed E-state index contributed by atoms with van der Waals surface area (Å²) in [6, 6.07) is 13.0. The van der Waals surface area contributed by atoms with Gasteiger partial charge in [-0.05, 0) is 30.3 Å². The third kappa shape index (κ3) is 3.23. The minimum atomic E-state index is -0.567. The Labute approximate surface area is 161 Å². The highest BCUT2D eigenvalue weighted by Crippen LogP contribution is 2.41. The van der Waals surface area contributed by atoms with Gasteiger partial charge in [-0.15, -0.1) is 0 Å². The summed E-state index contributed by atoms with van der Waals surface area (Å²) in [5.41, 5.74) is 2.78. The second kappa shape index (κ2) is 7.00. The lowest BCUT2D eigenvalue weighted by atomic mass is 10.1. The zero-order valence-corrected chi connectivity index (χ0v) is 15.6. The van der Waals surface area contributed by atoms with Crippen molar-refractivity contribution >= 4 is 23.2 Å². The molecule has 5 nitrogen and oxygen atoms in total. The van der Waals surface area contributed by atoms with Gasteiger partial charge in [0.05, 0.1) is 18.7 Å². The molecule has 0 bridgehead atoms. The van der Waals surface area contributed by atoms with Crippen LogP contribution in [0.15, 0.2) is 47.0 Å². The van der Waals surface area contributed by atoms with Crippen LogP contribution in [0.4, 0.5) is 0 Å². The van der Waals surface area contributed by atoms with Gasteiger partial charge in [0.15, 0.2) is 0 Å². The first kappa shape index (κ1) is 17.5. The first-order chi connectivity index (χ1) is 12.5. The van der Waals surface area contributed by atoms with Crippen molar-refractivity contribution < 1.29 is 9.63 Å². The summed E-state index contributed by atoms with van der Waals surface area (Å²) in [6.07, 6.45) is -0.0677. The first-order valence-electron chi connectivity index (χ1n) is 8.27. The van der Waals surface area contributed by atoms with Crippen molar-refractivity contribution in [3.05, 3.63) is 69.5 Å². The third-order valence-electron chi connectivity index (χ3n) is 4.65. The van der Waals surface area contributed by atoms with Crippen molar-refractivity contribution in [2.75, 3.05) is 7.05 Å². The number of aromatic nitrogens is 2. The third-order valence-corrected chi connectivity index (χ3v) is 5.21. The Bertz CT molecular complexity index is 930. The highest BCUT2D eigenvalue weighted by Gasteiger charge is 2.36. The van der Waals surface area contributed by atoms with Crippen LogP contribution in [-0.2, 0) is 13.0 Å². The van der Waals surface area contributed by atoms with Gasteiger partial charge in [-0.3, -0.25) is 4.90 Å². The number of halogens is 2. The number of likely N-dealkylation sites (N-methyl/N-ethyl adjacent to an activating group) is 1. The van der Waals surface area contributed by atoms with E-state index in [1.165, 1.54) is 0 Å². The van der Waals surface area contributed by atoms with Crippen LogP contribution in [0.3, 0.4) is 0 Å². The van der Waals surface area contributed by atoms with Crippen LogP contribution in [0.2, 0.25) is 10.0 Å². The summed E-state index contributed by atoms with van der Waals surface area (Å²) >= 11 is 12.4. The number of hydrogen-bond acceptors (Lipinski definition) is 5. The second-order valence-electron chi connectivity index (χ2n) is 6.46. The summed E-state index contributed by atoms with van der Waals surface area (Å²) < 4.78 is 5.38. The molecular weight excluding hydrogens is 373 g/mol. The lowest BCUT2D eigenvalue weighted by Gasteiger charge is -2.26. The van der Waals surface area contributed by atoms with Gasteiger partial charge in [-0.25, -0.2) is 0 Å². The molecule has 134 valence electrons. The number of nitrogens with zero attached hydrogens (tertiary/aromatic N) is 3. The van der Waals surface area contributed by atoms with Crippen molar-refractivity contribution in [1.29, 1.82) is 0 Å². The lowest BCUT2D eigenvalue weighted by Crippen LogP contribution is -2.30. The van der Waals surface area contributed by atoms with E-state index < -0.39 is 6.10 Å². The lowest BCUT2D eigenvalue weighted by molar-refractivity contribution is 0.0667. The Morgan fingerprint density at radius 1 is 1.23 bits per heavy atom. The molecule has 0 amide bonds. The SMILES string of the molecule is CN(Cc1nc(-c2ccccc2)no1)[C@H]1c2cc(Cl)cc(Cl)c2C[C@H]1O. The number of fused-ring (bicyclic) bond motifs is 1. The summed E-state index contributed by atoms with van der Waals surface area (Å²) in [6.45, 7) is 0.408. The van der Waals surface area contributed by atoms with Crippen LogP contribution in [0.5, 0.6) is 0 Å². The van der Waals surface area contributed by atoms with Crippen molar-refractivity contribution in [3.63, 3.8) is 0 Å². The van der Waals surface area contributed by atoms with E-state index in [0.29, 0.717) is 34.7 Å². The summed E-state index contributed by atoms with van der Waals surface area (Å²) in [4.78, 5) is 6.43. The smallest absolute Gasteiger partial charge is 0.241 e. The Morgan fingerprint density at radius 3 is 2.77 bits per heavy atom. The zero-order chi connectivity index (χ0) is 18.3. The molecule has 1 aliphatic carbocycles. The van der Waals surface area contributed by atoms with Gasteiger partial charge in [0.1, 0.15) is 0 Å². The molecular formula is C19H17Cl2N3O2. The maximum atomic E-state index is 10.5. The van der Waals surface area contributed by atoms with Crippen LogP contribution in [0, 0.1) is 0 Å². The van der Waals surface area contributed by atoms with E-state index in [9.17, 15) is 5.11 Å². The van der Waals surface area contributed by atoms with Crippen LogP contribution in [0.25, 0.3) is 11.4 Å². The maximum absolute atomic E-state index is 10.5. The average Bonchev–Trinajstić information content (AvgIpc) is 3.20. The molecule has 1 heterocycles. The molecule has 3 aromatic rings. The fraction of sp³-hybridized carbons (Fsp3) is 0.263. The molecule has 0 unspecified atom stereocenters. The molecule has 0 radical (unpaired) electrons. The fourth-order valence-corrected chi connectivity index (χ4v) is 4.08. The zero-order valence-electron chi connectivity index (χ0n) is 14.1. The van der Waals surface area contributed by atoms with E-state index in [0.717, 1.165) is 16.7 Å². The highest BCUT2D eigenvalue weighted by atomic mass is 35.5. The number of hydrogen-bond donors (Lipinski definition) is 1. The van der Waals surface area contributed by atoms with Crippen LogP contribution in [-0.4, -0.2) is 33.3 Å². The van der Waals surface area contributed by atoms with E-state index in [-0.39, 0.29) is 6.04 Å². The van der Waals surface area contributed by atoms with Gasteiger partial charge in [0.25, 0.3) is 0 Å². The predicted molar refractivity (Wildman–Crippen MR) is 100 cm³/mol. The van der Waals surface area contributed by atoms with Crippen LogP contribution < -0.4 is 0 Å². The topological polar surface area (TPSA) is 62.4 Å². The van der Waals surface area contributed by atoms with Crippen molar-refractivity contribution in [2.45, 2.75) is 25.1 Å². The molecule has 0 saturated heterocycles. The number of rotatable bonds is 4. The summed E-state index contributed by atoms with van der Waals surface area (Å²) in [5, 5.41) is 15.7. The van der Waals surface area contributed by atoms with Crippen molar-refractivity contribution in [2.24, 2.45) is 0 Å². The minimum absolute atomic E-state index is 0.228. The molecule has 7 heteroatoms. The highest BCUT2D eigenvalue weighted by molar-refractivity contribution is 6.35. The maximum Gasteiger partial charge on any atom is 0.241 e. The molecule has 1 aromatic heterocycles. The van der Waals surface area contributed by atoms with Crippen LogP contribution >= 0.6 is 23.2 Å². The molecule has 0 fully saturated rings. The summed E-state index contributed by atoms with van der Waals surface area (Å²) in [7, 11) is 1.91. The van der Waals surface area contributed by atoms with Crippen molar-refractivity contribution in [1.82, 2.24) is 15.0 Å². The van der Waals surface area contributed by atoms with Gasteiger partial charge in [-0.1, -0.05) is 58.7 Å². The minimum Gasteiger partial charge on any atom is -0.391 e. The summed E-state index contributed by atoms with van der Waals surface area (Å²) in [5.74, 6) is 1.03. The van der Waals surface area contributed by atoms with Crippen molar-refractivity contribution in [3.8, 4) is 11.4 Å². The second-order valence-corrected chi connectivity index (χ2v) is 7.31. The van der Waals surface area contributed by atoms with E-state index in [1.807, 2.05) is 48.3 Å². The van der Waals surface area contributed by atoms with E-state index in [2.05, 4.69) is 10.1 Å². The van der Waals surface area contributed by atoms with Crippen LogP contribution in [0.1, 0.15) is 23.1 Å². The number of aliphatic hydroxyl groups excluding tert-OH is 1. The standard InChI is InChI=1S/C19H17Cl2N3O2/c1-24(10-17-22-19(23-26-17)11-5-3-2-4-6-11)18-14-7-12(20)8-15(21)13(14)9-16(18)25/h2-8,16,18,25H,9-10H2,1H3/t16-,18+/m1/s1. The van der Waals surface area contributed by atoms with Gasteiger partial charge in [0.2, 0.25) is 11.7 Å². The van der Waals surface area contributed by atoms with Gasteiger partial charge < -0.3 is 9.63 Å². The molecule has 0 saturated carbocycles. The monoisotopic (exact) mass is 389 g/mol. The molecule has 2 atom stereocenters. The first-order valence-corrected chi connectivity index (χ1v) is 9.02. The van der Waals surface area contributed by atoms with Gasteiger partial charge in [0, 0.05) is 22.0 Å². The van der Waals surface area contributed by atoms with Gasteiger partial charge >= 0.3 is 0 Å². The molecule has 0 spiro atoms. The molecule has 26 heavy (non-hydrogen) atoms. The van der Waals surface area contributed by atoms with E-state index in [1.54, 1.807) is 6.07 Å². The normalized spacial score (nSPS) is 19.1. The molecule has 0 aliphatic heterocycles. The largest absolute Gasteiger partial charge is 0.391 e. The molecule has 4 rings (SSSR count). The number of benzene rings is 2. The van der Waals surface area contributed by atoms with E-state index >= 15 is 0 Å². The Morgan fingerprint density at radius 2 is 2.00 bits per heavy atom. The Hall–Kier alpha value is -1.92. The van der Waals surface area contributed by atoms with Gasteiger partial charge in [-0.2, -0.15) is 4.98 Å². The van der Waals surface area contributed by atoms with E-state index in [4.69, 9.17) is 27.7 Å². The number of aliphatic hydroxyl groups is 1. The Kier molecular flexibility index (Phi) is 4.71. The average molecular weight is 390 g/mol. The fourth-order valence-electron chi connectivity index (χ4n) is 3.50. The molecule has 1 aliphatic rings.